The third kappa shape index (κ3) is 12.0. The van der Waals surface area contributed by atoms with E-state index in [1.54, 1.807) is 48.4 Å². The molecule has 378 valence electrons. The number of amides is 2. The first-order chi connectivity index (χ1) is 33.6. The van der Waals surface area contributed by atoms with Crippen LogP contribution in [0.5, 0.6) is 11.5 Å². The van der Waals surface area contributed by atoms with Crippen molar-refractivity contribution in [2.24, 2.45) is 11.3 Å². The quantitative estimate of drug-likeness (QED) is 0.0667. The Kier molecular flexibility index (Phi) is 14.8. The highest BCUT2D eigenvalue weighted by molar-refractivity contribution is 7.90. The van der Waals surface area contributed by atoms with Crippen molar-refractivity contribution in [3.05, 3.63) is 117 Å². The summed E-state index contributed by atoms with van der Waals surface area (Å²) in [5.41, 5.74) is 3.90. The van der Waals surface area contributed by atoms with E-state index >= 15 is 0 Å². The van der Waals surface area contributed by atoms with Gasteiger partial charge in [-0.25, -0.2) is 18.1 Å². The Morgan fingerprint density at radius 2 is 1.80 bits per heavy atom. The Balaban J connectivity index is 0.975. The van der Waals surface area contributed by atoms with Crippen LogP contribution in [0.4, 0.5) is 30.2 Å². The summed E-state index contributed by atoms with van der Waals surface area (Å²) < 4.78 is 82.5. The summed E-state index contributed by atoms with van der Waals surface area (Å²) in [7, 11) is -4.66. The van der Waals surface area contributed by atoms with Gasteiger partial charge in [0.05, 0.1) is 39.9 Å². The number of morpholine rings is 1. The van der Waals surface area contributed by atoms with Crippen LogP contribution in [0.1, 0.15) is 80.4 Å². The van der Waals surface area contributed by atoms with Crippen LogP contribution < -0.4 is 19.7 Å². The van der Waals surface area contributed by atoms with Crippen molar-refractivity contribution >= 4 is 55.5 Å². The Morgan fingerprint density at radius 3 is 2.52 bits per heavy atom. The van der Waals surface area contributed by atoms with Crippen LogP contribution in [-0.4, -0.2) is 110 Å². The normalized spacial score (nSPS) is 18.0. The summed E-state index contributed by atoms with van der Waals surface area (Å²) in [6.45, 7) is 14.5. The van der Waals surface area contributed by atoms with Gasteiger partial charge in [0.1, 0.15) is 22.8 Å². The van der Waals surface area contributed by atoms with Gasteiger partial charge in [-0.1, -0.05) is 39.3 Å². The lowest BCUT2D eigenvalue weighted by molar-refractivity contribution is -0.384. The molecule has 2 saturated heterocycles. The van der Waals surface area contributed by atoms with Gasteiger partial charge >= 0.3 is 6.18 Å². The zero-order chi connectivity index (χ0) is 50.8. The summed E-state index contributed by atoms with van der Waals surface area (Å²) >= 11 is 0. The van der Waals surface area contributed by atoms with E-state index in [0.29, 0.717) is 75.7 Å². The molecule has 0 bridgehead atoms. The molecule has 2 aromatic heterocycles. The lowest BCUT2D eigenvalue weighted by Gasteiger charge is -2.39. The molecule has 2 fully saturated rings. The average Bonchev–Trinajstić information content (AvgIpc) is 3.80. The first kappa shape index (κ1) is 50.9. The van der Waals surface area contributed by atoms with E-state index in [4.69, 9.17) is 9.47 Å². The number of sulfonamides is 1. The summed E-state index contributed by atoms with van der Waals surface area (Å²) in [5.74, 6) is -0.837. The fourth-order valence-corrected chi connectivity index (χ4v) is 10.5. The Bertz CT molecular complexity index is 2970. The first-order valence-electron chi connectivity index (χ1n) is 23.8. The number of carbonyl (C=O) groups excluding carboxylic acids is 2. The standard InChI is InChI=1S/C51H59F3N8O8S/c1-32(2)49(64)61-22-23-69-38(31-61)14-17-55-44-11-8-40(27-45(44)62(65)66)71(67,68)58-48(63)42-10-7-37(26-46(42)70-39-25-34-13-16-56-47(34)57-29-39)60-20-18-59(19-21-60)30-35-12-15-50(4,5)28-43(35)41-9-6-36(24-33(41)3)51(52,53)54/h6-11,13,16,24-27,29,32,38,55H,12,14-15,17-23,28,30-31H2,1-5H3,(H,56,57)(H,58,63). The molecule has 2 amide bonds. The van der Waals surface area contributed by atoms with Crippen LogP contribution in [0.3, 0.4) is 0 Å². The van der Waals surface area contributed by atoms with Crippen LogP contribution in [0, 0.1) is 28.4 Å². The summed E-state index contributed by atoms with van der Waals surface area (Å²) in [5, 5.41) is 16.0. The molecule has 0 saturated carbocycles. The van der Waals surface area contributed by atoms with Crippen LogP contribution >= 0.6 is 0 Å². The second-order valence-electron chi connectivity index (χ2n) is 19.6. The van der Waals surface area contributed by atoms with Crippen molar-refractivity contribution in [3.63, 3.8) is 0 Å². The van der Waals surface area contributed by atoms with E-state index in [0.717, 1.165) is 41.9 Å². The molecular weight excluding hydrogens is 942 g/mol. The van der Waals surface area contributed by atoms with Gasteiger partial charge in [0.15, 0.2) is 0 Å². The number of nitro benzene ring substituents is 1. The molecule has 16 nitrogen and oxygen atoms in total. The zero-order valence-corrected chi connectivity index (χ0v) is 41.2. The van der Waals surface area contributed by atoms with Crippen LogP contribution in [-0.2, 0) is 25.7 Å². The van der Waals surface area contributed by atoms with E-state index in [9.17, 15) is 41.3 Å². The number of allylic oxidation sites excluding steroid dienone is 1. The zero-order valence-electron chi connectivity index (χ0n) is 40.4. The van der Waals surface area contributed by atoms with E-state index in [1.165, 1.54) is 42.1 Å². The number of nitrogens with zero attached hydrogens (tertiary/aromatic N) is 5. The molecule has 1 atom stereocenters. The topological polar surface area (TPSA) is 192 Å². The highest BCUT2D eigenvalue weighted by atomic mass is 32.2. The van der Waals surface area contributed by atoms with E-state index in [-0.39, 0.29) is 52.6 Å². The van der Waals surface area contributed by atoms with E-state index < -0.39 is 43.2 Å². The number of hydrogen-bond acceptors (Lipinski definition) is 12. The maximum absolute atomic E-state index is 14.0. The molecule has 4 heterocycles. The fraction of sp³-hybridized carbons (Fsp3) is 0.431. The molecule has 0 spiro atoms. The molecular formula is C51H59F3N8O8S. The number of carbonyl (C=O) groups is 2. The average molecular weight is 1000 g/mol. The lowest BCUT2D eigenvalue weighted by Crippen LogP contribution is -2.47. The second-order valence-corrected chi connectivity index (χ2v) is 21.3. The number of fused-ring (bicyclic) bond motifs is 1. The molecule has 3 aliphatic rings. The van der Waals surface area contributed by atoms with E-state index in [2.05, 4.69) is 43.7 Å². The van der Waals surface area contributed by atoms with Gasteiger partial charge in [-0.2, -0.15) is 13.2 Å². The number of piperazine rings is 1. The van der Waals surface area contributed by atoms with Crippen LogP contribution in [0.25, 0.3) is 16.6 Å². The number of aromatic nitrogens is 2. The summed E-state index contributed by atoms with van der Waals surface area (Å²) in [6.07, 6.45) is 1.48. The SMILES string of the molecule is Cc1cc(C(F)(F)F)ccc1C1=C(CN2CCN(c3ccc(C(=O)NS(=O)(=O)c4ccc(NCCC5CN(C(=O)C(C)C)CCO5)c([N+](=O)[O-])c4)c(Oc4cnc5[nH]ccc5c4)c3)CC2)CCC(C)(C)C1. The fourth-order valence-electron chi connectivity index (χ4n) is 9.53. The van der Waals surface area contributed by atoms with Gasteiger partial charge in [-0.3, -0.25) is 24.6 Å². The van der Waals surface area contributed by atoms with Crippen LogP contribution in [0.15, 0.2) is 89.6 Å². The molecule has 0 radical (unpaired) electrons. The van der Waals surface area contributed by atoms with Gasteiger partial charge in [-0.15, -0.1) is 0 Å². The van der Waals surface area contributed by atoms with Crippen molar-refractivity contribution in [1.29, 1.82) is 0 Å². The van der Waals surface area contributed by atoms with Gasteiger partial charge in [0.2, 0.25) is 5.91 Å². The van der Waals surface area contributed by atoms with Crippen LogP contribution in [0.2, 0.25) is 0 Å². The third-order valence-corrected chi connectivity index (χ3v) is 14.8. The third-order valence-electron chi connectivity index (χ3n) is 13.5. The number of rotatable bonds is 15. The minimum atomic E-state index is -4.66. The molecule has 20 heteroatoms. The monoisotopic (exact) mass is 1000 g/mol. The minimum absolute atomic E-state index is 0.000543. The number of hydrogen-bond donors (Lipinski definition) is 3. The largest absolute Gasteiger partial charge is 0.455 e. The van der Waals surface area contributed by atoms with Crippen molar-refractivity contribution in [1.82, 2.24) is 24.5 Å². The Hall–Kier alpha value is -6.51. The molecule has 2 aliphatic heterocycles. The molecule has 3 aromatic carbocycles. The predicted octanol–water partition coefficient (Wildman–Crippen LogP) is 9.18. The number of aryl methyl sites for hydroxylation is 1. The van der Waals surface area contributed by atoms with Crippen molar-refractivity contribution < 1.29 is 45.6 Å². The highest BCUT2D eigenvalue weighted by Gasteiger charge is 2.34. The number of nitro groups is 1. The van der Waals surface area contributed by atoms with Gasteiger partial charge in [0.25, 0.3) is 21.6 Å². The number of pyridine rings is 1. The van der Waals surface area contributed by atoms with E-state index in [1.807, 2.05) is 13.8 Å². The van der Waals surface area contributed by atoms with Crippen molar-refractivity contribution in [2.75, 3.05) is 69.2 Å². The van der Waals surface area contributed by atoms with Gasteiger partial charge in [0, 0.05) is 87.7 Å². The number of nitrogens with one attached hydrogen (secondary N) is 3. The van der Waals surface area contributed by atoms with Crippen molar-refractivity contribution in [3.8, 4) is 11.5 Å². The Morgan fingerprint density at radius 1 is 1.03 bits per heavy atom. The lowest BCUT2D eigenvalue weighted by atomic mass is 9.72. The summed E-state index contributed by atoms with van der Waals surface area (Å²) in [6, 6.07) is 15.7. The molecule has 1 unspecified atom stereocenters. The number of ether oxygens (including phenoxy) is 2. The maximum Gasteiger partial charge on any atom is 0.416 e. The number of H-pyrrole nitrogens is 1. The second kappa shape index (κ2) is 20.7. The molecule has 1 aliphatic carbocycles. The van der Waals surface area contributed by atoms with Gasteiger partial charge in [-0.05, 0) is 103 Å². The number of benzene rings is 3. The smallest absolute Gasteiger partial charge is 0.416 e. The highest BCUT2D eigenvalue weighted by Crippen LogP contribution is 2.45. The number of anilines is 2. The minimum Gasteiger partial charge on any atom is -0.455 e. The molecule has 3 N–H and O–H groups in total. The number of halogens is 3. The van der Waals surface area contributed by atoms with Crippen molar-refractivity contribution in [2.45, 2.75) is 77.5 Å². The first-order valence-corrected chi connectivity index (χ1v) is 25.2. The molecule has 5 aromatic rings. The number of alkyl halides is 3. The maximum atomic E-state index is 14.0. The molecule has 71 heavy (non-hydrogen) atoms. The van der Waals surface area contributed by atoms with Gasteiger partial charge < -0.3 is 29.6 Å². The number of aromatic amines is 1. The summed E-state index contributed by atoms with van der Waals surface area (Å²) in [4.78, 5) is 51.2. The molecule has 8 rings (SSSR count). The predicted molar refractivity (Wildman–Crippen MR) is 264 cm³/mol. The Labute approximate surface area is 410 Å².